The largest absolute Gasteiger partial charge is 0.444 e. The summed E-state index contributed by atoms with van der Waals surface area (Å²) in [6.45, 7) is 7.56. The Morgan fingerprint density at radius 3 is 2.69 bits per heavy atom. The van der Waals surface area contributed by atoms with Crippen molar-refractivity contribution in [2.24, 2.45) is 0 Å². The van der Waals surface area contributed by atoms with Crippen LogP contribution in [0.1, 0.15) is 27.2 Å². The van der Waals surface area contributed by atoms with Gasteiger partial charge in [0, 0.05) is 29.5 Å². The van der Waals surface area contributed by atoms with Crippen LogP contribution < -0.4 is 0 Å². The Bertz CT molecular complexity index is 1230. The normalized spacial score (nSPS) is 15.3. The number of hydrogen-bond donors (Lipinski definition) is 0. The molecule has 0 unspecified atom stereocenters. The van der Waals surface area contributed by atoms with E-state index in [1.54, 1.807) is 11.2 Å². The SMILES string of the molecule is C[S+](C)CCOCn1ccc2c(-c3ccn(C4(CC#N)CN(C(=O)OC(C)(C)C)C4)c3)ncnc21. The molecule has 1 amide bonds. The van der Waals surface area contributed by atoms with Gasteiger partial charge in [-0.25, -0.2) is 14.8 Å². The van der Waals surface area contributed by atoms with Crippen molar-refractivity contribution in [3.63, 3.8) is 0 Å². The Morgan fingerprint density at radius 1 is 1.23 bits per heavy atom. The van der Waals surface area contributed by atoms with Gasteiger partial charge in [0.15, 0.2) is 0 Å². The maximum Gasteiger partial charge on any atom is 0.410 e. The van der Waals surface area contributed by atoms with E-state index in [1.165, 1.54) is 0 Å². The molecule has 1 fully saturated rings. The van der Waals surface area contributed by atoms with Crippen LogP contribution in [0.3, 0.4) is 0 Å². The summed E-state index contributed by atoms with van der Waals surface area (Å²) in [5, 5.41) is 10.4. The second-order valence-electron chi connectivity index (χ2n) is 10.2. The molecule has 4 rings (SSSR count). The molecule has 1 aliphatic rings. The lowest BCUT2D eigenvalue weighted by molar-refractivity contribution is -0.0274. The van der Waals surface area contributed by atoms with Crippen molar-refractivity contribution in [2.75, 3.05) is 38.0 Å². The summed E-state index contributed by atoms with van der Waals surface area (Å²) in [6.07, 6.45) is 11.9. The van der Waals surface area contributed by atoms with Gasteiger partial charge >= 0.3 is 6.09 Å². The highest BCUT2D eigenvalue weighted by Crippen LogP contribution is 2.36. The van der Waals surface area contributed by atoms with Gasteiger partial charge in [-0.3, -0.25) is 0 Å². The number of amides is 1. The molecule has 10 heteroatoms. The molecule has 3 aromatic rings. The van der Waals surface area contributed by atoms with Gasteiger partial charge in [0.1, 0.15) is 30.1 Å². The van der Waals surface area contributed by atoms with Crippen LogP contribution in [0.2, 0.25) is 0 Å². The van der Waals surface area contributed by atoms with Gasteiger partial charge in [0.2, 0.25) is 0 Å². The molecule has 9 nitrogen and oxygen atoms in total. The highest BCUT2D eigenvalue weighted by Gasteiger charge is 2.47. The first-order chi connectivity index (χ1) is 16.6. The summed E-state index contributed by atoms with van der Waals surface area (Å²) in [5.74, 6) is 1.04. The predicted molar refractivity (Wildman–Crippen MR) is 137 cm³/mol. The number of hydrogen-bond acceptors (Lipinski definition) is 6. The first-order valence-corrected chi connectivity index (χ1v) is 13.8. The first kappa shape index (κ1) is 25.1. The van der Waals surface area contributed by atoms with Crippen LogP contribution >= 0.6 is 0 Å². The number of nitriles is 1. The lowest BCUT2D eigenvalue weighted by Gasteiger charge is -2.49. The van der Waals surface area contributed by atoms with Crippen molar-refractivity contribution in [1.82, 2.24) is 24.0 Å². The van der Waals surface area contributed by atoms with Gasteiger partial charge in [-0.15, -0.1) is 0 Å². The molecule has 0 radical (unpaired) electrons. The third-order valence-corrected chi connectivity index (χ3v) is 6.95. The minimum atomic E-state index is -0.556. The van der Waals surface area contributed by atoms with Gasteiger partial charge in [0.05, 0.1) is 55.9 Å². The number of fused-ring (bicyclic) bond motifs is 1. The molecular formula is C25H33N6O3S+. The fourth-order valence-corrected chi connectivity index (χ4v) is 4.64. The highest BCUT2D eigenvalue weighted by atomic mass is 32.2. The third-order valence-electron chi connectivity index (χ3n) is 5.97. The van der Waals surface area contributed by atoms with E-state index in [2.05, 4.69) is 28.5 Å². The fourth-order valence-electron chi connectivity index (χ4n) is 4.19. The van der Waals surface area contributed by atoms with Crippen LogP contribution in [0, 0.1) is 11.3 Å². The Kier molecular flexibility index (Phi) is 7.10. The Hall–Kier alpha value is -3.03. The number of rotatable bonds is 8. The zero-order chi connectivity index (χ0) is 25.2. The fraction of sp³-hybridized carbons (Fsp3) is 0.520. The molecule has 0 N–H and O–H groups in total. The van der Waals surface area contributed by atoms with Crippen LogP contribution in [0.15, 0.2) is 37.1 Å². The van der Waals surface area contributed by atoms with E-state index in [9.17, 15) is 10.1 Å². The van der Waals surface area contributed by atoms with Gasteiger partial charge in [-0.2, -0.15) is 5.26 Å². The number of carbonyl (C=O) groups is 1. The topological polar surface area (TPSA) is 98.2 Å². The third kappa shape index (κ3) is 5.46. The van der Waals surface area contributed by atoms with Crippen molar-refractivity contribution in [3.8, 4) is 17.3 Å². The smallest absolute Gasteiger partial charge is 0.410 e. The maximum absolute atomic E-state index is 12.4. The van der Waals surface area contributed by atoms with Gasteiger partial charge < -0.3 is 23.5 Å². The number of carbonyl (C=O) groups excluding carboxylic acids is 1. The van der Waals surface area contributed by atoms with Crippen molar-refractivity contribution in [1.29, 1.82) is 5.26 Å². The van der Waals surface area contributed by atoms with Crippen LogP contribution in [0.5, 0.6) is 0 Å². The van der Waals surface area contributed by atoms with Crippen LogP contribution in [0.25, 0.3) is 22.3 Å². The van der Waals surface area contributed by atoms with Crippen LogP contribution in [0.4, 0.5) is 4.79 Å². The zero-order valence-electron chi connectivity index (χ0n) is 21.0. The maximum atomic E-state index is 12.4. The number of aromatic nitrogens is 4. The van der Waals surface area contributed by atoms with E-state index in [0.717, 1.165) is 34.7 Å². The summed E-state index contributed by atoms with van der Waals surface area (Å²) < 4.78 is 15.3. The van der Waals surface area contributed by atoms with Crippen molar-refractivity contribution >= 4 is 28.0 Å². The summed E-state index contributed by atoms with van der Waals surface area (Å²) in [6, 6.07) is 6.29. The van der Waals surface area contributed by atoms with Gasteiger partial charge in [-0.05, 0) is 43.8 Å². The molecule has 35 heavy (non-hydrogen) atoms. The summed E-state index contributed by atoms with van der Waals surface area (Å²) in [4.78, 5) is 23.1. The van der Waals surface area contributed by atoms with Gasteiger partial charge in [-0.1, -0.05) is 0 Å². The number of likely N-dealkylation sites (tertiary alicyclic amines) is 1. The lowest BCUT2D eigenvalue weighted by atomic mass is 9.86. The highest BCUT2D eigenvalue weighted by molar-refractivity contribution is 7.95. The van der Waals surface area contributed by atoms with Gasteiger partial charge in [0.25, 0.3) is 0 Å². The van der Waals surface area contributed by atoms with Crippen molar-refractivity contribution < 1.29 is 14.3 Å². The van der Waals surface area contributed by atoms with E-state index in [-0.39, 0.29) is 6.09 Å². The molecule has 3 aromatic heterocycles. The second kappa shape index (κ2) is 9.91. The van der Waals surface area contributed by atoms with E-state index < -0.39 is 11.1 Å². The molecule has 0 atom stereocenters. The van der Waals surface area contributed by atoms with E-state index >= 15 is 0 Å². The Morgan fingerprint density at radius 2 is 2.00 bits per heavy atom. The quantitative estimate of drug-likeness (QED) is 0.348. The van der Waals surface area contributed by atoms with E-state index in [1.807, 2.05) is 60.6 Å². The Balaban J connectivity index is 1.52. The van der Waals surface area contributed by atoms with E-state index in [0.29, 0.717) is 37.1 Å². The zero-order valence-corrected chi connectivity index (χ0v) is 21.8. The predicted octanol–water partition coefficient (Wildman–Crippen LogP) is 3.61. The minimum Gasteiger partial charge on any atom is -0.444 e. The molecule has 186 valence electrons. The number of nitrogens with zero attached hydrogens (tertiary/aromatic N) is 6. The first-order valence-electron chi connectivity index (χ1n) is 11.6. The molecule has 1 aliphatic heterocycles. The van der Waals surface area contributed by atoms with Crippen molar-refractivity contribution in [2.45, 2.75) is 45.1 Å². The molecule has 0 aliphatic carbocycles. The molecule has 0 spiro atoms. The molecule has 0 aromatic carbocycles. The molecule has 1 saturated heterocycles. The lowest BCUT2D eigenvalue weighted by Crippen LogP contribution is -2.64. The standard InChI is InChI=1S/C25H33N6O3S/c1-24(2,3)34-23(32)30-15-25(16-30,8-9-26)31-11-6-19(14-31)21-20-7-10-29(22(20)28-17-27-21)18-33-12-13-35(4)5/h6-7,10-11,14,17H,8,12-13,15-16,18H2,1-5H3/q+1. The monoisotopic (exact) mass is 497 g/mol. The summed E-state index contributed by atoms with van der Waals surface area (Å²) in [5.41, 5.74) is 1.55. The van der Waals surface area contributed by atoms with Crippen LogP contribution in [-0.4, -0.2) is 73.7 Å². The minimum absolute atomic E-state index is 0.296. The molecule has 4 heterocycles. The average Bonchev–Trinajstić information content (AvgIpc) is 3.39. The number of ether oxygens (including phenoxy) is 2. The van der Waals surface area contributed by atoms with Crippen molar-refractivity contribution in [3.05, 3.63) is 37.1 Å². The molecule has 0 bridgehead atoms. The second-order valence-corrected chi connectivity index (χ2v) is 12.6. The Labute approximate surface area is 209 Å². The summed E-state index contributed by atoms with van der Waals surface area (Å²) in [7, 11) is 0.357. The molecule has 0 saturated carbocycles. The summed E-state index contributed by atoms with van der Waals surface area (Å²) >= 11 is 0. The van der Waals surface area contributed by atoms with E-state index in [4.69, 9.17) is 9.47 Å². The molecular weight excluding hydrogens is 464 g/mol. The average molecular weight is 498 g/mol. The van der Waals surface area contributed by atoms with Crippen LogP contribution in [-0.2, 0) is 32.6 Å².